The summed E-state index contributed by atoms with van der Waals surface area (Å²) in [6.45, 7) is 0. The third-order valence-electron chi connectivity index (χ3n) is 4.17. The molecule has 5 heteroatoms. The van der Waals surface area contributed by atoms with Crippen LogP contribution in [-0.2, 0) is 7.05 Å². The minimum Gasteiger partial charge on any atom is -0.311 e. The average molecular weight is 348 g/mol. The van der Waals surface area contributed by atoms with Crippen molar-refractivity contribution >= 4 is 45.3 Å². The number of aromatic nitrogens is 2. The van der Waals surface area contributed by atoms with Crippen LogP contribution in [0.5, 0.6) is 0 Å². The SMILES string of the molecule is Cn1c(=O)ccc2cc(N=Cc3cc4ccccc4nc3Cl)ccc21. The van der Waals surface area contributed by atoms with Crippen LogP contribution in [0.2, 0.25) is 5.15 Å². The van der Waals surface area contributed by atoms with Crippen LogP contribution in [0.3, 0.4) is 0 Å². The molecule has 4 aromatic rings. The Balaban J connectivity index is 1.74. The summed E-state index contributed by atoms with van der Waals surface area (Å²) in [5.74, 6) is 0. The Kier molecular flexibility index (Phi) is 3.82. The van der Waals surface area contributed by atoms with E-state index in [2.05, 4.69) is 9.98 Å². The summed E-state index contributed by atoms with van der Waals surface area (Å²) < 4.78 is 1.62. The molecule has 0 saturated carbocycles. The quantitative estimate of drug-likeness (QED) is 0.396. The van der Waals surface area contributed by atoms with Gasteiger partial charge >= 0.3 is 0 Å². The number of hydrogen-bond acceptors (Lipinski definition) is 3. The Labute approximate surface area is 149 Å². The van der Waals surface area contributed by atoms with Crippen molar-refractivity contribution in [3.8, 4) is 0 Å². The summed E-state index contributed by atoms with van der Waals surface area (Å²) in [7, 11) is 1.76. The maximum absolute atomic E-state index is 11.7. The number of benzene rings is 2. The zero-order valence-corrected chi connectivity index (χ0v) is 14.2. The molecule has 2 aromatic carbocycles. The number of para-hydroxylation sites is 1. The van der Waals surface area contributed by atoms with Gasteiger partial charge in [-0.15, -0.1) is 0 Å². The lowest BCUT2D eigenvalue weighted by atomic mass is 10.1. The molecule has 0 aliphatic carbocycles. The third-order valence-corrected chi connectivity index (χ3v) is 4.47. The van der Waals surface area contributed by atoms with Gasteiger partial charge in [0.1, 0.15) is 5.15 Å². The van der Waals surface area contributed by atoms with Gasteiger partial charge in [-0.1, -0.05) is 29.8 Å². The van der Waals surface area contributed by atoms with Crippen LogP contribution >= 0.6 is 11.6 Å². The van der Waals surface area contributed by atoms with Gasteiger partial charge in [0, 0.05) is 35.7 Å². The van der Waals surface area contributed by atoms with Gasteiger partial charge in [-0.05, 0) is 36.4 Å². The molecule has 0 aliphatic rings. The van der Waals surface area contributed by atoms with E-state index in [1.807, 2.05) is 48.5 Å². The molecular weight excluding hydrogens is 334 g/mol. The molecule has 0 spiro atoms. The van der Waals surface area contributed by atoms with Crippen molar-refractivity contribution in [3.63, 3.8) is 0 Å². The van der Waals surface area contributed by atoms with Gasteiger partial charge in [0.2, 0.25) is 0 Å². The molecule has 122 valence electrons. The van der Waals surface area contributed by atoms with Crippen LogP contribution in [-0.4, -0.2) is 15.8 Å². The Morgan fingerprint density at radius 2 is 1.88 bits per heavy atom. The fraction of sp³-hybridized carbons (Fsp3) is 0.0500. The summed E-state index contributed by atoms with van der Waals surface area (Å²) in [6, 6.07) is 18.9. The van der Waals surface area contributed by atoms with E-state index < -0.39 is 0 Å². The number of fused-ring (bicyclic) bond motifs is 2. The summed E-state index contributed by atoms with van der Waals surface area (Å²) in [5.41, 5.74) is 3.25. The van der Waals surface area contributed by atoms with Crippen molar-refractivity contribution in [1.82, 2.24) is 9.55 Å². The first-order valence-corrected chi connectivity index (χ1v) is 8.19. The van der Waals surface area contributed by atoms with E-state index in [4.69, 9.17) is 11.6 Å². The summed E-state index contributed by atoms with van der Waals surface area (Å²) in [6.07, 6.45) is 1.71. The largest absolute Gasteiger partial charge is 0.311 e. The smallest absolute Gasteiger partial charge is 0.250 e. The van der Waals surface area contributed by atoms with Gasteiger partial charge in [-0.2, -0.15) is 0 Å². The third kappa shape index (κ3) is 2.92. The van der Waals surface area contributed by atoms with E-state index in [-0.39, 0.29) is 5.56 Å². The second-order valence-corrected chi connectivity index (χ2v) is 6.15. The first-order valence-electron chi connectivity index (χ1n) is 7.81. The first kappa shape index (κ1) is 15.5. The molecule has 2 aromatic heterocycles. The molecule has 0 N–H and O–H groups in total. The normalized spacial score (nSPS) is 11.6. The molecule has 4 rings (SSSR count). The summed E-state index contributed by atoms with van der Waals surface area (Å²) in [5, 5.41) is 2.40. The molecule has 0 atom stereocenters. The van der Waals surface area contributed by atoms with Gasteiger partial charge in [0.25, 0.3) is 5.56 Å². The first-order chi connectivity index (χ1) is 12.1. The molecule has 2 heterocycles. The molecule has 25 heavy (non-hydrogen) atoms. The molecule has 0 radical (unpaired) electrons. The van der Waals surface area contributed by atoms with Crippen molar-refractivity contribution in [1.29, 1.82) is 0 Å². The van der Waals surface area contributed by atoms with E-state index in [9.17, 15) is 4.79 Å². The monoisotopic (exact) mass is 347 g/mol. The van der Waals surface area contributed by atoms with Crippen molar-refractivity contribution < 1.29 is 0 Å². The van der Waals surface area contributed by atoms with Gasteiger partial charge in [0.05, 0.1) is 16.7 Å². The molecule has 0 amide bonds. The highest BCUT2D eigenvalue weighted by molar-refractivity contribution is 6.32. The number of pyridine rings is 2. The lowest BCUT2D eigenvalue weighted by Gasteiger charge is -2.05. The Hall–Kier alpha value is -2.98. The molecule has 0 aliphatic heterocycles. The Morgan fingerprint density at radius 1 is 1.04 bits per heavy atom. The maximum atomic E-state index is 11.7. The average Bonchev–Trinajstić information content (AvgIpc) is 2.63. The fourth-order valence-electron chi connectivity index (χ4n) is 2.80. The van der Waals surface area contributed by atoms with E-state index in [0.717, 1.165) is 33.1 Å². The Bertz CT molecular complexity index is 1190. The van der Waals surface area contributed by atoms with E-state index in [0.29, 0.717) is 5.15 Å². The molecule has 0 saturated heterocycles. The van der Waals surface area contributed by atoms with E-state index >= 15 is 0 Å². The van der Waals surface area contributed by atoms with Crippen LogP contribution < -0.4 is 5.56 Å². The topological polar surface area (TPSA) is 47.2 Å². The maximum Gasteiger partial charge on any atom is 0.250 e. The zero-order chi connectivity index (χ0) is 17.4. The highest BCUT2D eigenvalue weighted by atomic mass is 35.5. The zero-order valence-electron chi connectivity index (χ0n) is 13.5. The van der Waals surface area contributed by atoms with Gasteiger partial charge < -0.3 is 4.57 Å². The second kappa shape index (κ2) is 6.15. The van der Waals surface area contributed by atoms with E-state index in [1.165, 1.54) is 0 Å². The highest BCUT2D eigenvalue weighted by Crippen LogP contribution is 2.22. The van der Waals surface area contributed by atoms with Crippen LogP contribution in [0.1, 0.15) is 5.56 Å². The predicted molar refractivity (Wildman–Crippen MR) is 103 cm³/mol. The molecular formula is C20H14ClN3O. The Morgan fingerprint density at radius 3 is 2.76 bits per heavy atom. The van der Waals surface area contributed by atoms with Crippen molar-refractivity contribution in [2.75, 3.05) is 0 Å². The number of nitrogens with zero attached hydrogens (tertiary/aromatic N) is 3. The fourth-order valence-corrected chi connectivity index (χ4v) is 2.99. The van der Waals surface area contributed by atoms with Gasteiger partial charge in [-0.3, -0.25) is 9.79 Å². The number of aliphatic imine (C=N–C) groups is 1. The highest BCUT2D eigenvalue weighted by Gasteiger charge is 2.03. The molecule has 4 nitrogen and oxygen atoms in total. The van der Waals surface area contributed by atoms with Crippen molar-refractivity contribution in [3.05, 3.63) is 81.7 Å². The van der Waals surface area contributed by atoms with Gasteiger partial charge in [0.15, 0.2) is 0 Å². The van der Waals surface area contributed by atoms with Crippen molar-refractivity contribution in [2.24, 2.45) is 12.0 Å². The van der Waals surface area contributed by atoms with Gasteiger partial charge in [-0.25, -0.2) is 4.98 Å². The van der Waals surface area contributed by atoms with Crippen LogP contribution in [0.4, 0.5) is 5.69 Å². The van der Waals surface area contributed by atoms with Crippen LogP contribution in [0.15, 0.2) is 70.5 Å². The van der Waals surface area contributed by atoms with Crippen LogP contribution in [0.25, 0.3) is 21.8 Å². The predicted octanol–water partition coefficient (Wildman–Crippen LogP) is 4.49. The van der Waals surface area contributed by atoms with E-state index in [1.54, 1.807) is 30.0 Å². The molecule has 0 fully saturated rings. The number of hydrogen-bond donors (Lipinski definition) is 0. The second-order valence-electron chi connectivity index (χ2n) is 5.79. The number of rotatable bonds is 2. The summed E-state index contributed by atoms with van der Waals surface area (Å²) >= 11 is 6.26. The minimum atomic E-state index is -0.0298. The standard InChI is InChI=1S/C20H14ClN3O/c1-24-18-8-7-16(11-14(18)6-9-19(24)25)22-12-15-10-13-4-2-3-5-17(13)23-20(15)21/h2-12H,1H3. The number of aryl methyl sites for hydroxylation is 1. The molecule has 0 bridgehead atoms. The molecule has 0 unspecified atom stereocenters. The minimum absolute atomic E-state index is 0.0298. The number of halogens is 1. The van der Waals surface area contributed by atoms with Crippen LogP contribution in [0, 0.1) is 0 Å². The summed E-state index contributed by atoms with van der Waals surface area (Å²) in [4.78, 5) is 20.6. The van der Waals surface area contributed by atoms with Crippen molar-refractivity contribution in [2.45, 2.75) is 0 Å². The lowest BCUT2D eigenvalue weighted by molar-refractivity contribution is 0.906. The lowest BCUT2D eigenvalue weighted by Crippen LogP contribution is -2.14.